The lowest BCUT2D eigenvalue weighted by Gasteiger charge is -2.10. The number of aromatic nitrogens is 2. The molecular weight excluding hydrogens is 218 g/mol. The van der Waals surface area contributed by atoms with Gasteiger partial charge in [-0.2, -0.15) is 5.10 Å². The Kier molecular flexibility index (Phi) is 5.11. The van der Waals surface area contributed by atoms with E-state index >= 15 is 0 Å². The van der Waals surface area contributed by atoms with E-state index in [1.54, 1.807) is 4.68 Å². The predicted octanol–water partition coefficient (Wildman–Crippen LogP) is 0.351. The SMILES string of the molecule is Cc1nn(CC(O)CO)c(C)c1CNC(C)C. The third kappa shape index (κ3) is 3.80. The second-order valence-electron chi connectivity index (χ2n) is 4.70. The van der Waals surface area contributed by atoms with Crippen molar-refractivity contribution in [2.75, 3.05) is 6.61 Å². The first-order valence-electron chi connectivity index (χ1n) is 6.00. The van der Waals surface area contributed by atoms with Crippen LogP contribution in [0.1, 0.15) is 30.8 Å². The van der Waals surface area contributed by atoms with Crippen LogP contribution in [0.2, 0.25) is 0 Å². The fraction of sp³-hybridized carbons (Fsp3) is 0.750. The van der Waals surface area contributed by atoms with Gasteiger partial charge in [-0.1, -0.05) is 13.8 Å². The van der Waals surface area contributed by atoms with Crippen molar-refractivity contribution in [3.63, 3.8) is 0 Å². The Morgan fingerprint density at radius 1 is 1.35 bits per heavy atom. The predicted molar refractivity (Wildman–Crippen MR) is 66.8 cm³/mol. The van der Waals surface area contributed by atoms with Crippen molar-refractivity contribution in [2.45, 2.75) is 52.9 Å². The van der Waals surface area contributed by atoms with Crippen LogP contribution in [0.5, 0.6) is 0 Å². The number of rotatable bonds is 6. The second-order valence-corrected chi connectivity index (χ2v) is 4.70. The lowest BCUT2D eigenvalue weighted by atomic mass is 10.2. The van der Waals surface area contributed by atoms with Crippen LogP contribution in [-0.2, 0) is 13.1 Å². The summed E-state index contributed by atoms with van der Waals surface area (Å²) in [6.07, 6.45) is -0.751. The Bertz CT molecular complexity index is 361. The fourth-order valence-corrected chi connectivity index (χ4v) is 1.73. The minimum absolute atomic E-state index is 0.238. The summed E-state index contributed by atoms with van der Waals surface area (Å²) < 4.78 is 1.76. The molecule has 98 valence electrons. The number of hydrogen-bond acceptors (Lipinski definition) is 4. The lowest BCUT2D eigenvalue weighted by molar-refractivity contribution is 0.0776. The van der Waals surface area contributed by atoms with Gasteiger partial charge in [0.1, 0.15) is 0 Å². The van der Waals surface area contributed by atoms with E-state index in [9.17, 15) is 5.11 Å². The Labute approximate surface area is 102 Å². The van der Waals surface area contributed by atoms with E-state index in [1.165, 1.54) is 5.56 Å². The molecule has 1 atom stereocenters. The molecule has 1 aromatic heterocycles. The van der Waals surface area contributed by atoms with E-state index in [0.717, 1.165) is 17.9 Å². The summed E-state index contributed by atoms with van der Waals surface area (Å²) in [5, 5.41) is 26.0. The molecule has 0 bridgehead atoms. The largest absolute Gasteiger partial charge is 0.394 e. The molecule has 3 N–H and O–H groups in total. The molecule has 0 saturated carbocycles. The van der Waals surface area contributed by atoms with Crippen molar-refractivity contribution in [3.05, 3.63) is 17.0 Å². The zero-order valence-electron chi connectivity index (χ0n) is 11.1. The van der Waals surface area contributed by atoms with Crippen LogP contribution in [0.25, 0.3) is 0 Å². The zero-order chi connectivity index (χ0) is 13.0. The van der Waals surface area contributed by atoms with Gasteiger partial charge in [0.2, 0.25) is 0 Å². The number of aliphatic hydroxyl groups is 2. The monoisotopic (exact) mass is 241 g/mol. The summed E-state index contributed by atoms with van der Waals surface area (Å²) in [6.45, 7) is 9.04. The van der Waals surface area contributed by atoms with E-state index in [4.69, 9.17) is 5.11 Å². The molecule has 17 heavy (non-hydrogen) atoms. The Balaban J connectivity index is 2.78. The van der Waals surface area contributed by atoms with E-state index in [0.29, 0.717) is 12.6 Å². The molecule has 0 aromatic carbocycles. The van der Waals surface area contributed by atoms with Crippen molar-refractivity contribution in [3.8, 4) is 0 Å². The minimum atomic E-state index is -0.751. The summed E-state index contributed by atoms with van der Waals surface area (Å²) in [4.78, 5) is 0. The summed E-state index contributed by atoms with van der Waals surface area (Å²) in [7, 11) is 0. The lowest BCUT2D eigenvalue weighted by Crippen LogP contribution is -2.23. The van der Waals surface area contributed by atoms with Crippen LogP contribution in [0, 0.1) is 13.8 Å². The van der Waals surface area contributed by atoms with Gasteiger partial charge in [0.15, 0.2) is 0 Å². The van der Waals surface area contributed by atoms with E-state index in [2.05, 4.69) is 24.3 Å². The first-order valence-corrected chi connectivity index (χ1v) is 6.00. The molecule has 5 heteroatoms. The van der Waals surface area contributed by atoms with Crippen LogP contribution in [0.3, 0.4) is 0 Å². The Hall–Kier alpha value is -0.910. The van der Waals surface area contributed by atoms with Crippen LogP contribution < -0.4 is 5.32 Å². The van der Waals surface area contributed by atoms with Crippen molar-refractivity contribution in [2.24, 2.45) is 0 Å². The van der Waals surface area contributed by atoms with Crippen LogP contribution >= 0.6 is 0 Å². The Morgan fingerprint density at radius 2 is 2.00 bits per heavy atom. The maximum atomic E-state index is 9.43. The molecule has 0 amide bonds. The average Bonchev–Trinajstić information content (AvgIpc) is 2.51. The highest BCUT2D eigenvalue weighted by molar-refractivity contribution is 5.24. The molecule has 0 aliphatic heterocycles. The second kappa shape index (κ2) is 6.14. The smallest absolute Gasteiger partial charge is 0.0966 e. The third-order valence-electron chi connectivity index (χ3n) is 2.81. The van der Waals surface area contributed by atoms with Gasteiger partial charge in [0.25, 0.3) is 0 Å². The van der Waals surface area contributed by atoms with Gasteiger partial charge in [-0.15, -0.1) is 0 Å². The molecule has 1 unspecified atom stereocenters. The van der Waals surface area contributed by atoms with Crippen LogP contribution in [0.4, 0.5) is 0 Å². The molecule has 0 radical (unpaired) electrons. The van der Waals surface area contributed by atoms with Gasteiger partial charge in [-0.25, -0.2) is 0 Å². The topological polar surface area (TPSA) is 70.3 Å². The minimum Gasteiger partial charge on any atom is -0.394 e. The molecule has 5 nitrogen and oxygen atoms in total. The van der Waals surface area contributed by atoms with Gasteiger partial charge in [0, 0.05) is 23.8 Å². The maximum Gasteiger partial charge on any atom is 0.0966 e. The average molecular weight is 241 g/mol. The van der Waals surface area contributed by atoms with Crippen LogP contribution in [0.15, 0.2) is 0 Å². The van der Waals surface area contributed by atoms with Gasteiger partial charge in [0.05, 0.1) is 24.9 Å². The molecule has 0 fully saturated rings. The van der Waals surface area contributed by atoms with Gasteiger partial charge in [-0.05, 0) is 13.8 Å². The molecule has 0 saturated heterocycles. The number of nitrogens with one attached hydrogen (secondary N) is 1. The first kappa shape index (κ1) is 14.2. The molecule has 0 aliphatic rings. The summed E-state index contributed by atoms with van der Waals surface area (Å²) in [5.74, 6) is 0. The summed E-state index contributed by atoms with van der Waals surface area (Å²) in [6, 6.07) is 0.431. The molecule has 1 heterocycles. The quantitative estimate of drug-likeness (QED) is 0.672. The summed E-state index contributed by atoms with van der Waals surface area (Å²) >= 11 is 0. The van der Waals surface area contributed by atoms with E-state index in [1.807, 2.05) is 13.8 Å². The molecule has 1 aromatic rings. The highest BCUT2D eigenvalue weighted by Gasteiger charge is 2.13. The molecule has 0 spiro atoms. The maximum absolute atomic E-state index is 9.43. The molecule has 0 aliphatic carbocycles. The first-order chi connectivity index (χ1) is 7.95. The number of nitrogens with zero attached hydrogens (tertiary/aromatic N) is 2. The molecule has 1 rings (SSSR count). The van der Waals surface area contributed by atoms with Gasteiger partial charge < -0.3 is 15.5 Å². The van der Waals surface area contributed by atoms with Crippen molar-refractivity contribution in [1.29, 1.82) is 0 Å². The Morgan fingerprint density at radius 3 is 2.53 bits per heavy atom. The fourth-order valence-electron chi connectivity index (χ4n) is 1.73. The van der Waals surface area contributed by atoms with Crippen molar-refractivity contribution < 1.29 is 10.2 Å². The van der Waals surface area contributed by atoms with Crippen LogP contribution in [-0.4, -0.2) is 38.7 Å². The molecular formula is C12H23N3O2. The highest BCUT2D eigenvalue weighted by Crippen LogP contribution is 2.13. The highest BCUT2D eigenvalue weighted by atomic mass is 16.3. The summed E-state index contributed by atoms with van der Waals surface area (Å²) in [5.41, 5.74) is 3.19. The van der Waals surface area contributed by atoms with Gasteiger partial charge in [-0.3, -0.25) is 4.68 Å². The zero-order valence-corrected chi connectivity index (χ0v) is 11.1. The normalized spacial score (nSPS) is 13.4. The van der Waals surface area contributed by atoms with E-state index < -0.39 is 6.10 Å². The number of hydrogen-bond donors (Lipinski definition) is 3. The number of aliphatic hydroxyl groups excluding tert-OH is 2. The third-order valence-corrected chi connectivity index (χ3v) is 2.81. The number of aryl methyl sites for hydroxylation is 1. The van der Waals surface area contributed by atoms with E-state index in [-0.39, 0.29) is 6.61 Å². The van der Waals surface area contributed by atoms with Crippen molar-refractivity contribution in [1.82, 2.24) is 15.1 Å². The van der Waals surface area contributed by atoms with Gasteiger partial charge >= 0.3 is 0 Å². The standard InChI is InChI=1S/C12H23N3O2/c1-8(2)13-5-12-9(3)14-15(10(12)4)6-11(17)7-16/h8,11,13,16-17H,5-7H2,1-4H3. The van der Waals surface area contributed by atoms with Crippen molar-refractivity contribution >= 4 is 0 Å².